The lowest BCUT2D eigenvalue weighted by atomic mass is 9.75. The van der Waals surface area contributed by atoms with Crippen molar-refractivity contribution >= 4 is 55.3 Å². The molecule has 246 valence electrons. The molecule has 0 bridgehead atoms. The topological polar surface area (TPSA) is 263 Å². The Labute approximate surface area is 266 Å². The maximum Gasteiger partial charge on any atom is 0.366 e. The molecule has 17 nitrogen and oxygen atoms in total. The zero-order chi connectivity index (χ0) is 34.4. The Bertz CT molecular complexity index is 2080. The van der Waals surface area contributed by atoms with Crippen LogP contribution >= 0.6 is 0 Å². The third-order valence-electron chi connectivity index (χ3n) is 7.81. The molecule has 3 aliphatic heterocycles. The van der Waals surface area contributed by atoms with E-state index in [1.807, 2.05) is 0 Å². The smallest absolute Gasteiger partial charge is 0.366 e. The second-order valence-electron chi connectivity index (χ2n) is 11.2. The van der Waals surface area contributed by atoms with Crippen molar-refractivity contribution in [3.05, 3.63) is 70.8 Å². The number of rotatable bonds is 6. The monoisotopic (exact) mass is 688 g/mol. The first kappa shape index (κ1) is 31.9. The van der Waals surface area contributed by atoms with Gasteiger partial charge in [0.15, 0.2) is 32.4 Å². The van der Waals surface area contributed by atoms with E-state index in [0.29, 0.717) is 5.06 Å². The van der Waals surface area contributed by atoms with Gasteiger partial charge in [0, 0.05) is 35.1 Å². The van der Waals surface area contributed by atoms with Gasteiger partial charge in [-0.2, -0.15) is 21.9 Å². The summed E-state index contributed by atoms with van der Waals surface area (Å²) in [5, 5.41) is 0.909. The van der Waals surface area contributed by atoms with Crippen molar-refractivity contribution in [2.75, 3.05) is 11.5 Å². The second kappa shape index (κ2) is 10.2. The highest BCUT2D eigenvalue weighted by Gasteiger charge is 2.61. The van der Waals surface area contributed by atoms with E-state index >= 15 is 0 Å². The van der Waals surface area contributed by atoms with Crippen LogP contribution < -0.4 is 16.2 Å². The van der Waals surface area contributed by atoms with Crippen molar-refractivity contribution in [2.24, 2.45) is 0 Å². The molecule has 0 radical (unpaired) electrons. The van der Waals surface area contributed by atoms with Crippen molar-refractivity contribution in [1.82, 2.24) is 10.1 Å². The number of hydroxylamine groups is 4. The summed E-state index contributed by atoms with van der Waals surface area (Å²) in [5.74, 6) is -5.36. The molecule has 0 atom stereocenters. The highest BCUT2D eigenvalue weighted by atomic mass is 32.2. The van der Waals surface area contributed by atoms with Crippen molar-refractivity contribution in [1.29, 1.82) is 0 Å². The average Bonchev–Trinajstić information content (AvgIpc) is 3.40. The number of nitrogens with zero attached hydrogens (tertiary/aromatic N) is 2. The highest BCUT2D eigenvalue weighted by Crippen LogP contribution is 2.61. The first-order valence-electron chi connectivity index (χ1n) is 13.5. The molecule has 0 aromatic heterocycles. The summed E-state index contributed by atoms with van der Waals surface area (Å²) in [6.45, 7) is 2.29. The maximum atomic E-state index is 14.2. The molecule has 0 unspecified atom stereocenters. The van der Waals surface area contributed by atoms with Crippen LogP contribution in [0.15, 0.2) is 58.3 Å². The van der Waals surface area contributed by atoms with E-state index in [1.165, 1.54) is 36.4 Å². The molecule has 19 heteroatoms. The Hall–Kier alpha value is -5.08. The zero-order valence-electron chi connectivity index (χ0n) is 24.3. The van der Waals surface area contributed by atoms with E-state index in [9.17, 15) is 45.1 Å². The van der Waals surface area contributed by atoms with Crippen molar-refractivity contribution in [2.45, 2.75) is 47.6 Å². The van der Waals surface area contributed by atoms with E-state index in [-0.39, 0.29) is 40.2 Å². The summed E-state index contributed by atoms with van der Waals surface area (Å²) in [6, 6.07) is 10.4. The molecular weight excluding hydrogens is 664 g/mol. The van der Waals surface area contributed by atoms with Gasteiger partial charge in [-0.1, -0.05) is 18.2 Å². The number of nitrogens with two attached hydrogens (primary N) is 2. The third-order valence-corrected chi connectivity index (χ3v) is 9.69. The molecule has 1 fully saturated rings. The lowest BCUT2D eigenvalue weighted by Crippen LogP contribution is -2.54. The fourth-order valence-electron chi connectivity index (χ4n) is 5.80. The number of hydrogen-bond donors (Lipinski definition) is 4. The summed E-state index contributed by atoms with van der Waals surface area (Å²) in [6.07, 6.45) is -0.412. The molecule has 3 aromatic rings. The van der Waals surface area contributed by atoms with Crippen LogP contribution in [0.1, 0.15) is 53.7 Å². The van der Waals surface area contributed by atoms with Crippen LogP contribution in [0.2, 0.25) is 0 Å². The highest BCUT2D eigenvalue weighted by molar-refractivity contribution is 7.86. The zero-order valence-corrected chi connectivity index (χ0v) is 25.9. The van der Waals surface area contributed by atoms with Gasteiger partial charge in [0.25, 0.3) is 38.0 Å². The minimum atomic E-state index is -5.24. The van der Waals surface area contributed by atoms with Crippen molar-refractivity contribution in [3.63, 3.8) is 0 Å². The first-order valence-corrected chi connectivity index (χ1v) is 16.4. The van der Waals surface area contributed by atoms with Gasteiger partial charge in [0.1, 0.15) is 0 Å². The van der Waals surface area contributed by atoms with Gasteiger partial charge in [-0.15, -0.1) is 5.06 Å². The number of benzene rings is 3. The Morgan fingerprint density at radius 3 is 1.81 bits per heavy atom. The van der Waals surface area contributed by atoms with Crippen LogP contribution in [0.5, 0.6) is 11.5 Å². The molecule has 6 rings (SSSR count). The molecule has 1 saturated heterocycles. The van der Waals surface area contributed by atoms with Crippen molar-refractivity contribution in [3.8, 4) is 11.5 Å². The number of amides is 3. The Kier molecular flexibility index (Phi) is 6.93. The van der Waals surface area contributed by atoms with Gasteiger partial charge in [0.05, 0.1) is 11.4 Å². The lowest BCUT2D eigenvalue weighted by Gasteiger charge is -2.45. The Morgan fingerprint density at radius 2 is 1.32 bits per heavy atom. The molecule has 3 aliphatic rings. The molecule has 47 heavy (non-hydrogen) atoms. The largest absolute Gasteiger partial charge is 0.453 e. The predicted molar refractivity (Wildman–Crippen MR) is 156 cm³/mol. The van der Waals surface area contributed by atoms with E-state index < -0.39 is 87.7 Å². The van der Waals surface area contributed by atoms with E-state index in [2.05, 4.69) is 0 Å². The van der Waals surface area contributed by atoms with Crippen LogP contribution in [0.25, 0.3) is 0 Å². The molecule has 3 amide bonds. The van der Waals surface area contributed by atoms with Crippen LogP contribution in [0.3, 0.4) is 0 Å². The number of carbonyl (C=O) groups is 4. The number of nitrogen functional groups attached to an aromatic ring is 2. The average molecular weight is 689 g/mol. The van der Waals surface area contributed by atoms with E-state index in [0.717, 1.165) is 26.0 Å². The standard InChI is InChI=1S/C28H24N4O13S2/c1-27(2,26(36)44-31-19(33)11-12-20(31)34)45-32-25(35)13-5-3-4-6-14(13)28(32)15-7-9-17(29)23(46(37,38)39)21(15)43-22-16(28)8-10-18(30)24(22)47(40,41)42/h3-10H,11-12,29-30H2,1-2H3,(H,37,38,39)(H,40,41,42). The number of imide groups is 1. The molecule has 6 N–H and O–H groups in total. The van der Waals surface area contributed by atoms with Gasteiger partial charge in [-0.25, -0.2) is 4.79 Å². The predicted octanol–water partition coefficient (Wildman–Crippen LogP) is 1.52. The molecule has 3 aromatic carbocycles. The fourth-order valence-corrected chi connectivity index (χ4v) is 7.30. The first-order chi connectivity index (χ1) is 21.8. The van der Waals surface area contributed by atoms with E-state index in [1.54, 1.807) is 0 Å². The van der Waals surface area contributed by atoms with Gasteiger partial charge in [-0.05, 0) is 44.2 Å². The second-order valence-corrected chi connectivity index (χ2v) is 13.9. The van der Waals surface area contributed by atoms with Crippen LogP contribution in [-0.2, 0) is 49.8 Å². The number of fused-ring (bicyclic) bond motifs is 6. The fraction of sp³-hybridized carbons (Fsp3) is 0.214. The Morgan fingerprint density at radius 1 is 0.830 bits per heavy atom. The van der Waals surface area contributed by atoms with Gasteiger partial charge in [0.2, 0.25) is 0 Å². The number of hydrogen-bond acceptors (Lipinski definition) is 13. The third kappa shape index (κ3) is 4.61. The summed E-state index contributed by atoms with van der Waals surface area (Å²) in [7, 11) is -10.5. The van der Waals surface area contributed by atoms with Gasteiger partial charge < -0.3 is 21.0 Å². The number of ether oxygens (including phenoxy) is 1. The van der Waals surface area contributed by atoms with Crippen LogP contribution in [0, 0.1) is 0 Å². The van der Waals surface area contributed by atoms with Gasteiger partial charge >= 0.3 is 5.97 Å². The Balaban J connectivity index is 1.68. The summed E-state index contributed by atoms with van der Waals surface area (Å²) >= 11 is 0. The number of anilines is 2. The summed E-state index contributed by atoms with van der Waals surface area (Å²) < 4.78 is 77.0. The summed E-state index contributed by atoms with van der Waals surface area (Å²) in [4.78, 5) is 61.0. The van der Waals surface area contributed by atoms with Gasteiger partial charge in [-0.3, -0.25) is 28.3 Å². The molecule has 1 spiro atoms. The minimum Gasteiger partial charge on any atom is -0.453 e. The lowest BCUT2D eigenvalue weighted by molar-refractivity contribution is -0.254. The number of carbonyl (C=O) groups excluding carboxylic acids is 4. The molecule has 0 aliphatic carbocycles. The van der Waals surface area contributed by atoms with Crippen molar-refractivity contribution < 1.29 is 59.5 Å². The molecule has 3 heterocycles. The molecule has 0 saturated carbocycles. The summed E-state index contributed by atoms with van der Waals surface area (Å²) in [5.41, 5.74) is 5.84. The minimum absolute atomic E-state index is 0.0435. The van der Waals surface area contributed by atoms with Crippen LogP contribution in [-0.4, -0.2) is 65.4 Å². The van der Waals surface area contributed by atoms with Crippen LogP contribution in [0.4, 0.5) is 11.4 Å². The molecular formula is C28H24N4O13S2. The quantitative estimate of drug-likeness (QED) is 0.162. The normalized spacial score (nSPS) is 17.0. The SMILES string of the molecule is CC(C)(ON1C(=O)c2ccccc2C12c1ccc(N)c(S(=O)(=O)O)c1Oc1c2ccc(N)c1S(=O)(=O)O)C(=O)ON1C(=O)CCC1=O. The van der Waals surface area contributed by atoms with E-state index in [4.69, 9.17) is 25.9 Å². The maximum absolute atomic E-state index is 14.2.